The number of phenolic OH excluding ortho intramolecular Hbond substituents is 1. The smallest absolute Gasteiger partial charge is 0.266 e. The average Bonchev–Trinajstić information content (AvgIpc) is 2.77. The van der Waals surface area contributed by atoms with Crippen LogP contribution in [-0.4, -0.2) is 33.1 Å². The van der Waals surface area contributed by atoms with Gasteiger partial charge in [0.25, 0.3) is 5.91 Å². The zero-order chi connectivity index (χ0) is 15.5. The van der Waals surface area contributed by atoms with Crippen molar-refractivity contribution >= 4 is 34.6 Å². The molecular weight excluding hydrogens is 298 g/mol. The van der Waals surface area contributed by atoms with Gasteiger partial charge >= 0.3 is 0 Å². The lowest BCUT2D eigenvalue weighted by molar-refractivity contribution is -0.121. The lowest BCUT2D eigenvalue weighted by Gasteiger charge is -2.06. The molecule has 6 heteroatoms. The molecule has 1 aliphatic rings. The molecule has 2 heterocycles. The summed E-state index contributed by atoms with van der Waals surface area (Å²) in [6, 6.07) is 10.4. The number of pyridine rings is 1. The lowest BCUT2D eigenvalue weighted by Crippen LogP contribution is -2.23. The highest BCUT2D eigenvalue weighted by Gasteiger charge is 2.30. The fraction of sp³-hybridized carbons (Fsp3) is 0.0625. The molecule has 2 aromatic rings. The molecule has 0 unspecified atom stereocenters. The van der Waals surface area contributed by atoms with Crippen LogP contribution in [0, 0.1) is 0 Å². The summed E-state index contributed by atoms with van der Waals surface area (Å²) in [5, 5.41) is 10.1. The summed E-state index contributed by atoms with van der Waals surface area (Å²) in [6.07, 6.45) is 5.06. The summed E-state index contributed by atoms with van der Waals surface area (Å²) in [4.78, 5) is 22.8. The van der Waals surface area contributed by atoms with Crippen LogP contribution in [0.4, 0.5) is 5.69 Å². The first-order valence-corrected chi connectivity index (χ1v) is 7.40. The Balaban J connectivity index is 1.90. The van der Waals surface area contributed by atoms with E-state index in [9.17, 15) is 9.90 Å². The summed E-state index contributed by atoms with van der Waals surface area (Å²) in [5.41, 5.74) is 1.47. The maximum atomic E-state index is 12.3. The molecule has 0 bridgehead atoms. The zero-order valence-corrected chi connectivity index (χ0v) is 12.6. The summed E-state index contributed by atoms with van der Waals surface area (Å²) in [7, 11) is 1.69. The van der Waals surface area contributed by atoms with Gasteiger partial charge in [0, 0.05) is 13.2 Å². The molecular formula is C16H13N3O2S. The van der Waals surface area contributed by atoms with Crippen LogP contribution in [0.2, 0.25) is 0 Å². The van der Waals surface area contributed by atoms with Crippen molar-refractivity contribution in [3.63, 3.8) is 0 Å². The van der Waals surface area contributed by atoms with Crippen molar-refractivity contribution in [1.82, 2.24) is 9.88 Å². The number of hydrogen-bond acceptors (Lipinski definition) is 5. The first-order valence-electron chi connectivity index (χ1n) is 6.59. The molecule has 22 heavy (non-hydrogen) atoms. The topological polar surface area (TPSA) is 65.8 Å². The van der Waals surface area contributed by atoms with Gasteiger partial charge in [-0.1, -0.05) is 12.1 Å². The zero-order valence-electron chi connectivity index (χ0n) is 11.8. The number of amides is 1. The normalized spacial score (nSPS) is 18.4. The van der Waals surface area contributed by atoms with E-state index in [-0.39, 0.29) is 11.7 Å². The Hall–Kier alpha value is -2.60. The van der Waals surface area contributed by atoms with E-state index in [2.05, 4.69) is 9.98 Å². The molecule has 0 saturated carbocycles. The largest absolute Gasteiger partial charge is 0.508 e. The second-order valence-corrected chi connectivity index (χ2v) is 5.68. The molecule has 1 aliphatic heterocycles. The third kappa shape index (κ3) is 3.01. The Morgan fingerprint density at radius 3 is 2.91 bits per heavy atom. The van der Waals surface area contributed by atoms with E-state index >= 15 is 0 Å². The number of phenols is 1. The highest BCUT2D eigenvalue weighted by atomic mass is 32.2. The van der Waals surface area contributed by atoms with Crippen LogP contribution < -0.4 is 0 Å². The van der Waals surface area contributed by atoms with E-state index in [1.54, 1.807) is 49.8 Å². The first-order chi connectivity index (χ1) is 10.6. The van der Waals surface area contributed by atoms with Crippen molar-refractivity contribution in [1.29, 1.82) is 0 Å². The molecule has 1 aromatic heterocycles. The van der Waals surface area contributed by atoms with E-state index in [0.717, 1.165) is 5.56 Å². The van der Waals surface area contributed by atoms with E-state index in [0.29, 0.717) is 15.8 Å². The molecule has 0 aliphatic carbocycles. The number of carbonyl (C=O) groups is 1. The standard InChI is InChI=1S/C16H13N3O2S/c1-19-15(21)14(9-11-4-2-6-13(20)8-11)22-16(19)18-12-5-3-7-17-10-12/h2-10,20H,1H3/b14-9-,18-16?. The number of rotatable bonds is 2. The van der Waals surface area contributed by atoms with E-state index in [4.69, 9.17) is 0 Å². The number of hydrogen-bond donors (Lipinski definition) is 1. The third-order valence-electron chi connectivity index (χ3n) is 3.04. The van der Waals surface area contributed by atoms with Crippen LogP contribution in [0.25, 0.3) is 6.08 Å². The Bertz CT molecular complexity index is 772. The molecule has 110 valence electrons. The van der Waals surface area contributed by atoms with Gasteiger partial charge in [-0.05, 0) is 47.7 Å². The molecule has 0 atom stereocenters. The molecule has 0 spiro atoms. The minimum absolute atomic E-state index is 0.115. The minimum atomic E-state index is -0.115. The Kier molecular flexibility index (Phi) is 3.93. The van der Waals surface area contributed by atoms with Gasteiger partial charge in [-0.15, -0.1) is 0 Å². The third-order valence-corrected chi connectivity index (χ3v) is 4.10. The number of benzene rings is 1. The lowest BCUT2D eigenvalue weighted by atomic mass is 10.2. The van der Waals surface area contributed by atoms with Gasteiger partial charge in [0.2, 0.25) is 0 Å². The fourth-order valence-corrected chi connectivity index (χ4v) is 2.93. The van der Waals surface area contributed by atoms with Crippen LogP contribution in [0.15, 0.2) is 58.7 Å². The maximum absolute atomic E-state index is 12.3. The van der Waals surface area contributed by atoms with Crippen LogP contribution in [0.1, 0.15) is 5.56 Å². The molecule has 5 nitrogen and oxygen atoms in total. The van der Waals surface area contributed by atoms with Gasteiger partial charge in [0.05, 0.1) is 16.8 Å². The number of likely N-dealkylation sites (N-methyl/N-ethyl adjacent to an activating group) is 1. The minimum Gasteiger partial charge on any atom is -0.508 e. The maximum Gasteiger partial charge on any atom is 0.266 e. The van der Waals surface area contributed by atoms with E-state index in [1.807, 2.05) is 12.1 Å². The van der Waals surface area contributed by atoms with Crippen LogP contribution in [-0.2, 0) is 4.79 Å². The number of aliphatic imine (C=N–C) groups is 1. The average molecular weight is 311 g/mol. The van der Waals surface area contributed by atoms with E-state index in [1.165, 1.54) is 16.7 Å². The number of amidine groups is 1. The molecule has 1 N–H and O–H groups in total. The predicted molar refractivity (Wildman–Crippen MR) is 87.8 cm³/mol. The summed E-state index contributed by atoms with van der Waals surface area (Å²) in [5.74, 6) is 0.0541. The summed E-state index contributed by atoms with van der Waals surface area (Å²) in [6.45, 7) is 0. The first kappa shape index (κ1) is 14.3. The van der Waals surface area contributed by atoms with Gasteiger partial charge in [-0.3, -0.25) is 14.7 Å². The molecule has 1 fully saturated rings. The van der Waals surface area contributed by atoms with Crippen LogP contribution in [0.3, 0.4) is 0 Å². The molecule has 1 amide bonds. The van der Waals surface area contributed by atoms with Crippen LogP contribution in [0.5, 0.6) is 5.75 Å². The van der Waals surface area contributed by atoms with Gasteiger partial charge in [-0.2, -0.15) is 0 Å². The van der Waals surface area contributed by atoms with Crippen molar-refractivity contribution < 1.29 is 9.90 Å². The molecule has 0 radical (unpaired) electrons. The van der Waals surface area contributed by atoms with Crippen molar-refractivity contribution in [3.8, 4) is 5.75 Å². The Labute approximate surface area is 132 Å². The van der Waals surface area contributed by atoms with Crippen molar-refractivity contribution in [3.05, 3.63) is 59.3 Å². The molecule has 1 saturated heterocycles. The number of carbonyl (C=O) groups excluding carboxylic acids is 1. The SMILES string of the molecule is CN1C(=O)/C(=C/c2cccc(O)c2)SC1=Nc1cccnc1. The van der Waals surface area contributed by atoms with Gasteiger partial charge in [0.15, 0.2) is 5.17 Å². The van der Waals surface area contributed by atoms with Gasteiger partial charge in [-0.25, -0.2) is 4.99 Å². The Morgan fingerprint density at radius 2 is 2.18 bits per heavy atom. The number of aromatic nitrogens is 1. The van der Waals surface area contributed by atoms with Crippen molar-refractivity contribution in [2.75, 3.05) is 7.05 Å². The predicted octanol–water partition coefficient (Wildman–Crippen LogP) is 3.02. The monoisotopic (exact) mass is 311 g/mol. The number of thioether (sulfide) groups is 1. The highest BCUT2D eigenvalue weighted by molar-refractivity contribution is 8.18. The molecule has 3 rings (SSSR count). The second-order valence-electron chi connectivity index (χ2n) is 4.68. The second kappa shape index (κ2) is 6.03. The summed E-state index contributed by atoms with van der Waals surface area (Å²) < 4.78 is 0. The fourth-order valence-electron chi connectivity index (χ4n) is 1.95. The summed E-state index contributed by atoms with van der Waals surface area (Å²) >= 11 is 1.30. The number of nitrogens with zero attached hydrogens (tertiary/aromatic N) is 3. The highest BCUT2D eigenvalue weighted by Crippen LogP contribution is 2.33. The van der Waals surface area contributed by atoms with Crippen LogP contribution >= 0.6 is 11.8 Å². The number of aromatic hydroxyl groups is 1. The van der Waals surface area contributed by atoms with Crippen molar-refractivity contribution in [2.45, 2.75) is 0 Å². The Morgan fingerprint density at radius 1 is 1.32 bits per heavy atom. The van der Waals surface area contributed by atoms with E-state index < -0.39 is 0 Å². The van der Waals surface area contributed by atoms with Gasteiger partial charge < -0.3 is 5.11 Å². The molecule has 1 aromatic carbocycles. The van der Waals surface area contributed by atoms with Gasteiger partial charge in [0.1, 0.15) is 5.75 Å². The quantitative estimate of drug-likeness (QED) is 0.866. The van der Waals surface area contributed by atoms with Crippen molar-refractivity contribution in [2.24, 2.45) is 4.99 Å².